The Morgan fingerprint density at radius 1 is 1.50 bits per heavy atom. The summed E-state index contributed by atoms with van der Waals surface area (Å²) in [6.45, 7) is 5.02. The number of hydrogen-bond acceptors (Lipinski definition) is 0. The summed E-state index contributed by atoms with van der Waals surface area (Å²) in [5.74, 6) is 0. The van der Waals surface area contributed by atoms with Crippen molar-refractivity contribution in [1.82, 2.24) is 0 Å². The van der Waals surface area contributed by atoms with E-state index in [9.17, 15) is 0 Å². The van der Waals surface area contributed by atoms with Gasteiger partial charge in [0.25, 0.3) is 0 Å². The van der Waals surface area contributed by atoms with E-state index >= 15 is 0 Å². The molecule has 0 aromatic heterocycles. The van der Waals surface area contributed by atoms with Crippen LogP contribution < -0.4 is 0 Å². The van der Waals surface area contributed by atoms with Crippen molar-refractivity contribution in [3.8, 4) is 0 Å². The monoisotopic (exact) mass is 240 g/mol. The first-order valence-electron chi connectivity index (χ1n) is 3.27. The zero-order valence-electron chi connectivity index (χ0n) is 5.58. The Morgan fingerprint density at radius 2 is 2.12 bits per heavy atom. The van der Waals surface area contributed by atoms with E-state index in [0.29, 0.717) is 0 Å². The molecule has 1 atom stereocenters. The van der Waals surface area contributed by atoms with Crippen molar-refractivity contribution in [2.24, 2.45) is 0 Å². The molecule has 0 amide bonds. The van der Waals surface area contributed by atoms with Gasteiger partial charge in [-0.2, -0.15) is 0 Å². The average molecular weight is 240 g/mol. The summed E-state index contributed by atoms with van der Waals surface area (Å²) < 4.78 is 1.07. The van der Waals surface area contributed by atoms with Crippen LogP contribution in [-0.4, -0.2) is 11.6 Å². The molecule has 0 aromatic carbocycles. The van der Waals surface area contributed by atoms with E-state index in [2.05, 4.69) is 35.7 Å². The summed E-state index contributed by atoms with van der Waals surface area (Å²) in [6.07, 6.45) is 3.01. The van der Waals surface area contributed by atoms with Gasteiger partial charge in [-0.15, -0.1) is 0 Å². The average Bonchev–Trinajstić information content (AvgIpc) is 1.86. The lowest BCUT2D eigenvalue weighted by atomic mass is 10.4. The third kappa shape index (κ3) is 1.26. The van der Waals surface area contributed by atoms with Gasteiger partial charge in [0.15, 0.2) is 0 Å². The molecule has 0 nitrogen and oxygen atoms in total. The first-order chi connectivity index (χ1) is 3.63. The number of rotatable bonds is 0. The lowest BCUT2D eigenvalue weighted by Crippen LogP contribution is -2.30. The molecule has 48 valence electrons. The summed E-state index contributed by atoms with van der Waals surface area (Å²) >= 11 is 2.64. The van der Waals surface area contributed by atoms with Gasteiger partial charge in [-0.3, -0.25) is 0 Å². The quantitative estimate of drug-likeness (QED) is 0.347. The minimum Gasteiger partial charge on any atom is -0.0860 e. The molecule has 1 aliphatic rings. The highest BCUT2D eigenvalue weighted by molar-refractivity contribution is 14.1. The maximum absolute atomic E-state index is 2.64. The highest BCUT2D eigenvalue weighted by Gasteiger charge is 2.33. The van der Waals surface area contributed by atoms with Crippen molar-refractivity contribution < 1.29 is 0 Å². The largest absolute Gasteiger partial charge is 0.0860 e. The Morgan fingerprint density at radius 3 is 2.25 bits per heavy atom. The molecule has 0 N–H and O–H groups in total. The number of halogens is 1. The summed E-state index contributed by atoms with van der Waals surface area (Å²) in [4.78, 5) is 0. The van der Waals surface area contributed by atoms with E-state index in [4.69, 9.17) is 0 Å². The van der Waals surface area contributed by atoms with Crippen LogP contribution >= 0.6 is 22.6 Å². The van der Waals surface area contributed by atoms with Crippen LogP contribution in [0.3, 0.4) is 0 Å². The first-order valence-corrected chi connectivity index (χ1v) is 7.80. The van der Waals surface area contributed by atoms with Crippen LogP contribution in [0.25, 0.3) is 0 Å². The lowest BCUT2D eigenvalue weighted by molar-refractivity contribution is 0.930. The van der Waals surface area contributed by atoms with Crippen LogP contribution in [0.15, 0.2) is 0 Å². The number of hydrogen-bond donors (Lipinski definition) is 0. The molecule has 1 saturated heterocycles. The Hall–Kier alpha value is 0.947. The molecule has 8 heavy (non-hydrogen) atoms. The predicted octanol–water partition coefficient (Wildman–Crippen LogP) is 2.83. The van der Waals surface area contributed by atoms with Gasteiger partial charge in [-0.25, -0.2) is 0 Å². The molecule has 0 spiro atoms. The molecule has 0 radical (unpaired) electrons. The molecular formula is C6H13ISi. The molecular weight excluding hydrogens is 227 g/mol. The highest BCUT2D eigenvalue weighted by Crippen LogP contribution is 2.34. The second kappa shape index (κ2) is 2.29. The van der Waals surface area contributed by atoms with E-state index < -0.39 is 8.07 Å². The zero-order valence-corrected chi connectivity index (χ0v) is 8.73. The van der Waals surface area contributed by atoms with Crippen molar-refractivity contribution >= 4 is 30.7 Å². The maximum atomic E-state index is 2.64. The van der Waals surface area contributed by atoms with E-state index in [1.807, 2.05) is 0 Å². The third-order valence-corrected chi connectivity index (χ3v) is 11.4. The zero-order chi connectivity index (χ0) is 6.20. The minimum atomic E-state index is -0.657. The molecule has 1 fully saturated rings. The Kier molecular flexibility index (Phi) is 2.02. The van der Waals surface area contributed by atoms with Crippen LogP contribution in [0.4, 0.5) is 0 Å². The van der Waals surface area contributed by atoms with Crippen LogP contribution in [-0.2, 0) is 0 Å². The summed E-state index contributed by atoms with van der Waals surface area (Å²) in [6, 6.07) is 1.57. The Bertz CT molecular complexity index is 90.5. The van der Waals surface area contributed by atoms with Crippen LogP contribution in [0.5, 0.6) is 0 Å². The van der Waals surface area contributed by atoms with Gasteiger partial charge in [0.05, 0.1) is 8.07 Å². The highest BCUT2D eigenvalue weighted by atomic mass is 127. The molecule has 0 saturated carbocycles. The maximum Gasteiger partial charge on any atom is 0.0615 e. The van der Waals surface area contributed by atoms with E-state index in [1.54, 1.807) is 6.04 Å². The number of alkyl halides is 1. The minimum absolute atomic E-state index is 0.657. The predicted molar refractivity (Wildman–Crippen MR) is 49.3 cm³/mol. The fourth-order valence-corrected chi connectivity index (χ4v) is 5.07. The molecule has 0 aromatic rings. The topological polar surface area (TPSA) is 0 Å². The van der Waals surface area contributed by atoms with Crippen LogP contribution in [0.1, 0.15) is 12.8 Å². The fraction of sp³-hybridized carbons (Fsp3) is 1.00. The van der Waals surface area contributed by atoms with Crippen molar-refractivity contribution in [2.75, 3.05) is 0 Å². The normalized spacial score (nSPS) is 35.6. The molecule has 1 heterocycles. The first kappa shape index (κ1) is 7.06. The molecule has 0 aliphatic carbocycles. The summed E-state index contributed by atoms with van der Waals surface area (Å²) in [5.41, 5.74) is 0. The van der Waals surface area contributed by atoms with Crippen molar-refractivity contribution in [1.29, 1.82) is 0 Å². The van der Waals surface area contributed by atoms with Crippen LogP contribution in [0.2, 0.25) is 19.1 Å². The van der Waals surface area contributed by atoms with E-state index in [-0.39, 0.29) is 0 Å². The SMILES string of the molecule is C[Si]1(C)CCCC1I. The van der Waals surface area contributed by atoms with Gasteiger partial charge in [0.1, 0.15) is 0 Å². The Balaban J connectivity index is 2.54. The van der Waals surface area contributed by atoms with E-state index in [1.165, 1.54) is 12.8 Å². The molecule has 1 unspecified atom stereocenters. The summed E-state index contributed by atoms with van der Waals surface area (Å²) in [7, 11) is -0.657. The molecule has 2 heteroatoms. The smallest absolute Gasteiger partial charge is 0.0615 e. The van der Waals surface area contributed by atoms with Crippen molar-refractivity contribution in [3.63, 3.8) is 0 Å². The second-order valence-corrected chi connectivity index (χ2v) is 11.2. The van der Waals surface area contributed by atoms with E-state index in [0.717, 1.165) is 3.55 Å². The molecule has 1 rings (SSSR count). The standard InChI is InChI=1S/C6H13ISi/c1-8(2)5-3-4-6(8)7/h6H,3-5H2,1-2H3. The molecule has 1 aliphatic heterocycles. The molecule has 0 bridgehead atoms. The van der Waals surface area contributed by atoms with Crippen molar-refractivity contribution in [3.05, 3.63) is 0 Å². The summed E-state index contributed by atoms with van der Waals surface area (Å²) in [5, 5.41) is 0. The third-order valence-electron chi connectivity index (χ3n) is 2.13. The van der Waals surface area contributed by atoms with Gasteiger partial charge in [-0.1, -0.05) is 48.1 Å². The second-order valence-electron chi connectivity index (χ2n) is 3.35. The Labute approximate surface area is 66.2 Å². The van der Waals surface area contributed by atoms with Crippen LogP contribution in [0, 0.1) is 0 Å². The van der Waals surface area contributed by atoms with Gasteiger partial charge in [-0.05, 0) is 6.42 Å². The van der Waals surface area contributed by atoms with Gasteiger partial charge in [0, 0.05) is 3.55 Å². The van der Waals surface area contributed by atoms with Gasteiger partial charge >= 0.3 is 0 Å². The van der Waals surface area contributed by atoms with Gasteiger partial charge < -0.3 is 0 Å². The lowest BCUT2D eigenvalue weighted by Gasteiger charge is -2.18. The van der Waals surface area contributed by atoms with Gasteiger partial charge in [0.2, 0.25) is 0 Å². The van der Waals surface area contributed by atoms with Crippen molar-refractivity contribution in [2.45, 2.75) is 35.5 Å². The fourth-order valence-electron chi connectivity index (χ4n) is 1.28.